The molecular formula is C17H22N2O7. The maximum absolute atomic E-state index is 12.4. The van der Waals surface area contributed by atoms with E-state index >= 15 is 0 Å². The summed E-state index contributed by atoms with van der Waals surface area (Å²) in [6.45, 7) is -0.226. The van der Waals surface area contributed by atoms with Gasteiger partial charge in [0.1, 0.15) is 24.2 Å². The predicted octanol–water partition coefficient (Wildman–Crippen LogP) is 0.570. The molecule has 9 heteroatoms. The van der Waals surface area contributed by atoms with Crippen LogP contribution in [0.15, 0.2) is 30.3 Å². The van der Waals surface area contributed by atoms with Gasteiger partial charge in [-0.15, -0.1) is 10.1 Å². The van der Waals surface area contributed by atoms with Gasteiger partial charge in [0.15, 0.2) is 0 Å². The van der Waals surface area contributed by atoms with Gasteiger partial charge < -0.3 is 19.8 Å². The fourth-order valence-corrected chi connectivity index (χ4v) is 4.04. The predicted molar refractivity (Wildman–Crippen MR) is 88.2 cm³/mol. The third-order valence-electron chi connectivity index (χ3n) is 5.33. The number of likely N-dealkylation sites (N-methyl/N-ethyl adjacent to an activating group) is 1. The number of carbonyl (C=O) groups is 1. The molecule has 4 rings (SSSR count). The highest BCUT2D eigenvalue weighted by Gasteiger charge is 2.62. The Bertz CT molecular complexity index is 634. The molecule has 3 saturated heterocycles. The number of esters is 1. The third-order valence-corrected chi connectivity index (χ3v) is 5.33. The second-order valence-corrected chi connectivity index (χ2v) is 6.78. The molecule has 26 heavy (non-hydrogen) atoms. The van der Waals surface area contributed by atoms with Crippen LogP contribution in [0.5, 0.6) is 0 Å². The summed E-state index contributed by atoms with van der Waals surface area (Å²) in [6.07, 6.45) is 2.26. The molecule has 1 aromatic rings. The van der Waals surface area contributed by atoms with E-state index < -0.39 is 11.0 Å². The number of fused-ring (bicyclic) bond motifs is 5. The van der Waals surface area contributed by atoms with E-state index in [1.807, 2.05) is 30.3 Å². The van der Waals surface area contributed by atoms with Crippen LogP contribution in [-0.4, -0.2) is 70.3 Å². The average molecular weight is 366 g/mol. The number of morpholine rings is 1. The summed E-state index contributed by atoms with van der Waals surface area (Å²) in [6, 6.07) is 10.1. The number of ether oxygens (including phenoxy) is 2. The Labute approximate surface area is 150 Å². The van der Waals surface area contributed by atoms with Crippen LogP contribution in [0.4, 0.5) is 0 Å². The van der Waals surface area contributed by atoms with Crippen LogP contribution in [0.2, 0.25) is 0 Å². The molecule has 3 aliphatic heterocycles. The quantitative estimate of drug-likeness (QED) is 0.343. The Morgan fingerprint density at radius 1 is 1.35 bits per heavy atom. The van der Waals surface area contributed by atoms with Crippen LogP contribution >= 0.6 is 0 Å². The highest BCUT2D eigenvalue weighted by atomic mass is 16.9. The molecule has 0 aliphatic carbocycles. The summed E-state index contributed by atoms with van der Waals surface area (Å²) in [4.78, 5) is 23.1. The number of aliphatic hydroxyl groups excluding tert-OH is 1. The van der Waals surface area contributed by atoms with E-state index in [1.165, 1.54) is 0 Å². The number of aliphatic hydroxyl groups is 1. The maximum Gasteiger partial charge on any atom is 0.316 e. The molecule has 3 aliphatic rings. The molecule has 2 bridgehead atoms. The first-order chi connectivity index (χ1) is 12.4. The van der Waals surface area contributed by atoms with Crippen molar-refractivity contribution in [3.8, 4) is 0 Å². The van der Waals surface area contributed by atoms with E-state index in [9.17, 15) is 9.90 Å². The normalized spacial score (nSPS) is 32.6. The number of hydrogen-bond donors (Lipinski definition) is 2. The van der Waals surface area contributed by atoms with Crippen LogP contribution in [-0.2, 0) is 14.3 Å². The minimum Gasteiger partial charge on any atom is -0.462 e. The second-order valence-electron chi connectivity index (χ2n) is 6.78. The first kappa shape index (κ1) is 18.6. The van der Waals surface area contributed by atoms with Gasteiger partial charge in [-0.05, 0) is 12.6 Å². The Morgan fingerprint density at radius 2 is 1.88 bits per heavy atom. The van der Waals surface area contributed by atoms with Crippen molar-refractivity contribution in [2.75, 3.05) is 13.7 Å². The molecule has 0 saturated carbocycles. The van der Waals surface area contributed by atoms with Gasteiger partial charge in [-0.3, -0.25) is 9.69 Å². The summed E-state index contributed by atoms with van der Waals surface area (Å²) >= 11 is 0. The van der Waals surface area contributed by atoms with Crippen molar-refractivity contribution in [1.82, 2.24) is 4.90 Å². The monoisotopic (exact) mass is 366 g/mol. The molecule has 142 valence electrons. The molecule has 3 fully saturated rings. The lowest BCUT2D eigenvalue weighted by atomic mass is 9.97. The molecule has 0 aromatic heterocycles. The van der Waals surface area contributed by atoms with Gasteiger partial charge in [0.05, 0.1) is 6.61 Å². The van der Waals surface area contributed by atoms with Gasteiger partial charge in [-0.1, -0.05) is 30.3 Å². The first-order valence-electron chi connectivity index (χ1n) is 8.49. The van der Waals surface area contributed by atoms with E-state index in [2.05, 4.69) is 11.9 Å². The summed E-state index contributed by atoms with van der Waals surface area (Å²) in [7, 11) is 2.13. The van der Waals surface area contributed by atoms with E-state index in [1.54, 1.807) is 0 Å². The van der Waals surface area contributed by atoms with Crippen LogP contribution < -0.4 is 0 Å². The van der Waals surface area contributed by atoms with Crippen molar-refractivity contribution in [3.63, 3.8) is 0 Å². The summed E-state index contributed by atoms with van der Waals surface area (Å²) < 4.78 is 11.4. The summed E-state index contributed by atoms with van der Waals surface area (Å²) in [5.74, 6) is -0.915. The fourth-order valence-electron chi connectivity index (χ4n) is 4.04. The zero-order valence-corrected chi connectivity index (χ0v) is 14.3. The third kappa shape index (κ3) is 3.79. The number of epoxide rings is 1. The van der Waals surface area contributed by atoms with E-state index in [-0.39, 0.29) is 18.7 Å². The van der Waals surface area contributed by atoms with E-state index in [0.717, 1.165) is 18.4 Å². The molecular weight excluding hydrogens is 344 g/mol. The van der Waals surface area contributed by atoms with Crippen LogP contribution in [0.25, 0.3) is 0 Å². The van der Waals surface area contributed by atoms with Gasteiger partial charge in [-0.2, -0.15) is 0 Å². The SMILES string of the molecule is CN1[C@@H]2CC(OC(=O)[C@H](CO)c3ccccc3)C[C@H]1[C@@H]1O[C@@H]12.O=[N+]([O-])O. The van der Waals surface area contributed by atoms with Crippen molar-refractivity contribution in [1.29, 1.82) is 0 Å². The zero-order chi connectivity index (χ0) is 18.8. The lowest BCUT2D eigenvalue weighted by molar-refractivity contribution is -0.742. The number of carbonyl (C=O) groups excluding carboxylic acids is 1. The molecule has 9 nitrogen and oxygen atoms in total. The Kier molecular flexibility index (Phi) is 5.40. The first-order valence-corrected chi connectivity index (χ1v) is 8.49. The molecule has 1 unspecified atom stereocenters. The number of piperidine rings is 1. The standard InChI is InChI=1S/C17H21NO4.HNO3/c1-18-13-7-11(8-14(18)16-15(13)22-16)21-17(20)12(9-19)10-5-3-2-4-6-10;2-1(3)4/h2-6,11-16,19H,7-9H2,1H3;(H,2,3,4)/t11?,12-,13-,14+,15-,16+;/m1./s1. The maximum atomic E-state index is 12.4. The Balaban J connectivity index is 0.000000447. The Hall–Kier alpha value is -2.23. The topological polar surface area (TPSA) is 126 Å². The van der Waals surface area contributed by atoms with Gasteiger partial charge in [0.25, 0.3) is 5.09 Å². The van der Waals surface area contributed by atoms with E-state index in [4.69, 9.17) is 24.8 Å². The van der Waals surface area contributed by atoms with Gasteiger partial charge in [-0.25, -0.2) is 0 Å². The Morgan fingerprint density at radius 3 is 2.38 bits per heavy atom. The summed E-state index contributed by atoms with van der Waals surface area (Å²) in [5.41, 5.74) is 0.803. The molecule has 1 aromatic carbocycles. The van der Waals surface area contributed by atoms with Crippen molar-refractivity contribution in [2.24, 2.45) is 0 Å². The molecule has 0 radical (unpaired) electrons. The zero-order valence-electron chi connectivity index (χ0n) is 14.3. The largest absolute Gasteiger partial charge is 0.462 e. The minimum absolute atomic E-state index is 0.0622. The minimum atomic E-state index is -1.50. The summed E-state index contributed by atoms with van der Waals surface area (Å²) in [5, 5.41) is 23.2. The fraction of sp³-hybridized carbons (Fsp3) is 0.588. The highest BCUT2D eigenvalue weighted by Crippen LogP contribution is 2.48. The van der Waals surface area contributed by atoms with Crippen molar-refractivity contribution in [2.45, 2.75) is 49.2 Å². The molecule has 3 heterocycles. The van der Waals surface area contributed by atoms with Gasteiger partial charge in [0, 0.05) is 24.9 Å². The van der Waals surface area contributed by atoms with E-state index in [0.29, 0.717) is 24.3 Å². The number of benzene rings is 1. The van der Waals surface area contributed by atoms with Crippen molar-refractivity contribution in [3.05, 3.63) is 46.0 Å². The van der Waals surface area contributed by atoms with Crippen LogP contribution in [0.1, 0.15) is 24.3 Å². The van der Waals surface area contributed by atoms with Gasteiger partial charge >= 0.3 is 5.97 Å². The van der Waals surface area contributed by atoms with Crippen LogP contribution in [0, 0.1) is 10.1 Å². The van der Waals surface area contributed by atoms with Crippen molar-refractivity contribution >= 4 is 5.97 Å². The average Bonchev–Trinajstić information content (AvgIpc) is 3.34. The smallest absolute Gasteiger partial charge is 0.316 e. The molecule has 0 amide bonds. The van der Waals surface area contributed by atoms with Crippen LogP contribution in [0.3, 0.4) is 0 Å². The van der Waals surface area contributed by atoms with Gasteiger partial charge in [0.2, 0.25) is 0 Å². The molecule has 6 atom stereocenters. The number of hydrogen-bond acceptors (Lipinski definition) is 7. The number of rotatable bonds is 4. The lowest BCUT2D eigenvalue weighted by Crippen LogP contribution is -2.48. The highest BCUT2D eigenvalue weighted by molar-refractivity contribution is 5.78. The number of nitrogens with zero attached hydrogens (tertiary/aromatic N) is 2. The second kappa shape index (κ2) is 7.56. The molecule has 0 spiro atoms. The molecule has 2 N–H and O–H groups in total. The lowest BCUT2D eigenvalue weighted by Gasteiger charge is -2.38. The van der Waals surface area contributed by atoms with Crippen molar-refractivity contribution < 1.29 is 29.7 Å².